The van der Waals surface area contributed by atoms with E-state index in [1.54, 1.807) is 13.3 Å². The Bertz CT molecular complexity index is 594. The van der Waals surface area contributed by atoms with Gasteiger partial charge in [0, 0.05) is 19.7 Å². The van der Waals surface area contributed by atoms with Gasteiger partial charge in [-0.1, -0.05) is 0 Å². The summed E-state index contributed by atoms with van der Waals surface area (Å²) in [7, 11) is 1.71. The van der Waals surface area contributed by atoms with Gasteiger partial charge >= 0.3 is 0 Å². The summed E-state index contributed by atoms with van der Waals surface area (Å²) in [5, 5.41) is 7.81. The van der Waals surface area contributed by atoms with Crippen LogP contribution in [0.5, 0.6) is 0 Å². The van der Waals surface area contributed by atoms with Gasteiger partial charge in [0.15, 0.2) is 5.65 Å². The third-order valence-corrected chi connectivity index (χ3v) is 3.91. The molecule has 0 radical (unpaired) electrons. The average Bonchev–Trinajstić information content (AvgIpc) is 3.17. The molecule has 0 bridgehead atoms. The zero-order valence-corrected chi connectivity index (χ0v) is 11.8. The van der Waals surface area contributed by atoms with E-state index in [9.17, 15) is 0 Å². The maximum atomic E-state index is 5.81. The summed E-state index contributed by atoms with van der Waals surface area (Å²) in [4.78, 5) is 10.9. The summed E-state index contributed by atoms with van der Waals surface area (Å²) in [6.45, 7) is 3.67. The molecule has 0 spiro atoms. The first-order valence-corrected chi connectivity index (χ1v) is 6.93. The number of fused-ring (bicyclic) bond motifs is 1. The molecule has 1 saturated carbocycles. The topological polar surface area (TPSA) is 93.0 Å². The normalized spacial score (nSPS) is 16.5. The summed E-state index contributed by atoms with van der Waals surface area (Å²) in [5.74, 6) is 1.84. The zero-order chi connectivity index (χ0) is 14.1. The number of nitrogens with zero attached hydrogens (tertiary/aromatic N) is 4. The highest BCUT2D eigenvalue weighted by molar-refractivity contribution is 5.87. The Morgan fingerprint density at radius 3 is 3.00 bits per heavy atom. The molecule has 2 aromatic rings. The number of rotatable bonds is 6. The number of H-pyrrole nitrogens is 1. The van der Waals surface area contributed by atoms with E-state index in [2.05, 4.69) is 32.0 Å². The molecule has 0 amide bonds. The highest BCUT2D eigenvalue weighted by atomic mass is 16.5. The number of hydrogen-bond donors (Lipinski definition) is 2. The number of nitrogens with two attached hydrogens (primary N) is 1. The number of ether oxygens (including phenoxy) is 1. The van der Waals surface area contributed by atoms with E-state index in [1.807, 2.05) is 0 Å². The van der Waals surface area contributed by atoms with Crippen LogP contribution in [0.1, 0.15) is 19.8 Å². The minimum Gasteiger partial charge on any atom is -0.383 e. The Hall–Kier alpha value is -1.89. The molecule has 1 aliphatic rings. The molecule has 1 atom stereocenters. The number of nitrogen functional groups attached to an aromatic ring is 1. The molecule has 0 aliphatic heterocycles. The quantitative estimate of drug-likeness (QED) is 0.823. The summed E-state index contributed by atoms with van der Waals surface area (Å²) >= 11 is 0. The number of nitrogens with one attached hydrogen (secondary N) is 1. The van der Waals surface area contributed by atoms with E-state index in [4.69, 9.17) is 10.5 Å². The lowest BCUT2D eigenvalue weighted by molar-refractivity contribution is 0.202. The molecule has 7 heteroatoms. The van der Waals surface area contributed by atoms with E-state index in [1.165, 1.54) is 12.8 Å². The number of aromatic nitrogens is 4. The summed E-state index contributed by atoms with van der Waals surface area (Å²) in [6, 6.07) is 0.414. The van der Waals surface area contributed by atoms with Gasteiger partial charge < -0.3 is 15.4 Å². The number of hydrogen-bond acceptors (Lipinski definition) is 6. The molecule has 0 aromatic carbocycles. The second-order valence-corrected chi connectivity index (χ2v) is 5.30. The molecule has 2 heterocycles. The average molecular weight is 276 g/mol. The Labute approximate surface area is 117 Å². The van der Waals surface area contributed by atoms with Crippen LogP contribution in [-0.4, -0.2) is 46.5 Å². The van der Waals surface area contributed by atoms with Crippen LogP contribution >= 0.6 is 0 Å². The van der Waals surface area contributed by atoms with Crippen molar-refractivity contribution in [3.8, 4) is 0 Å². The van der Waals surface area contributed by atoms with Crippen LogP contribution in [0.3, 0.4) is 0 Å². The second kappa shape index (κ2) is 5.24. The largest absolute Gasteiger partial charge is 0.383 e. The smallest absolute Gasteiger partial charge is 0.224 e. The molecule has 20 heavy (non-hydrogen) atoms. The van der Waals surface area contributed by atoms with Crippen LogP contribution in [0.15, 0.2) is 6.20 Å². The molecule has 1 fully saturated rings. The summed E-state index contributed by atoms with van der Waals surface area (Å²) < 4.78 is 5.23. The van der Waals surface area contributed by atoms with Gasteiger partial charge in [-0.15, -0.1) is 0 Å². The summed E-state index contributed by atoms with van der Waals surface area (Å²) in [5.41, 5.74) is 6.49. The van der Waals surface area contributed by atoms with Crippen molar-refractivity contribution >= 4 is 22.8 Å². The Balaban J connectivity index is 2.00. The minimum atomic E-state index is 0.266. The van der Waals surface area contributed by atoms with Crippen molar-refractivity contribution in [1.82, 2.24) is 20.2 Å². The third-order valence-electron chi connectivity index (χ3n) is 3.91. The summed E-state index contributed by atoms with van der Waals surface area (Å²) in [6.07, 6.45) is 4.31. The van der Waals surface area contributed by atoms with Crippen molar-refractivity contribution in [2.24, 2.45) is 5.92 Å². The van der Waals surface area contributed by atoms with Gasteiger partial charge in [0.1, 0.15) is 5.82 Å². The van der Waals surface area contributed by atoms with Gasteiger partial charge in [0.2, 0.25) is 5.95 Å². The molecule has 7 nitrogen and oxygen atoms in total. The molecule has 0 saturated heterocycles. The first-order valence-electron chi connectivity index (χ1n) is 6.93. The molecular formula is C13H20N6O. The lowest BCUT2D eigenvalue weighted by atomic mass is 10.1. The first-order chi connectivity index (χ1) is 9.70. The third kappa shape index (κ3) is 2.40. The molecule has 3 N–H and O–H groups in total. The van der Waals surface area contributed by atoms with Crippen LogP contribution < -0.4 is 10.6 Å². The highest BCUT2D eigenvalue weighted by Gasteiger charge is 2.33. The lowest BCUT2D eigenvalue weighted by Crippen LogP contribution is -2.38. The molecular weight excluding hydrogens is 256 g/mol. The Morgan fingerprint density at radius 2 is 2.30 bits per heavy atom. The van der Waals surface area contributed by atoms with Crippen LogP contribution in [0.2, 0.25) is 0 Å². The van der Waals surface area contributed by atoms with Gasteiger partial charge in [-0.2, -0.15) is 15.1 Å². The van der Waals surface area contributed by atoms with Gasteiger partial charge in [0.05, 0.1) is 18.2 Å². The minimum absolute atomic E-state index is 0.266. The standard InChI is InChI=1S/C13H20N6O/c1-8(9-3-4-9)19(5-6-20-2)12-10-7-15-18-11(10)16-13(14)17-12/h7-9H,3-6H2,1-2H3,(H3,14,15,16,17,18). The van der Waals surface area contributed by atoms with Crippen LogP contribution in [0, 0.1) is 5.92 Å². The van der Waals surface area contributed by atoms with Crippen molar-refractivity contribution in [1.29, 1.82) is 0 Å². The monoisotopic (exact) mass is 276 g/mol. The van der Waals surface area contributed by atoms with Gasteiger partial charge in [-0.05, 0) is 25.7 Å². The predicted octanol–water partition coefficient (Wildman–Crippen LogP) is 1.19. The first kappa shape index (κ1) is 13.1. The van der Waals surface area contributed by atoms with E-state index >= 15 is 0 Å². The molecule has 2 aromatic heterocycles. The molecule has 108 valence electrons. The fourth-order valence-corrected chi connectivity index (χ4v) is 2.58. The van der Waals surface area contributed by atoms with Crippen LogP contribution in [-0.2, 0) is 4.74 Å². The van der Waals surface area contributed by atoms with E-state index < -0.39 is 0 Å². The zero-order valence-electron chi connectivity index (χ0n) is 11.8. The van der Waals surface area contributed by atoms with Gasteiger partial charge in [-0.25, -0.2) is 0 Å². The van der Waals surface area contributed by atoms with Crippen molar-refractivity contribution in [2.75, 3.05) is 30.9 Å². The SMILES string of the molecule is COCCN(c1nc(N)nc2[nH]ncc12)C(C)C1CC1. The number of methoxy groups -OCH3 is 1. The molecule has 3 rings (SSSR count). The Kier molecular flexibility index (Phi) is 3.43. The van der Waals surface area contributed by atoms with E-state index in [-0.39, 0.29) is 5.95 Å². The van der Waals surface area contributed by atoms with E-state index in [0.29, 0.717) is 18.3 Å². The fraction of sp³-hybridized carbons (Fsp3) is 0.615. The van der Waals surface area contributed by atoms with Crippen molar-refractivity contribution in [2.45, 2.75) is 25.8 Å². The maximum Gasteiger partial charge on any atom is 0.224 e. The van der Waals surface area contributed by atoms with Gasteiger partial charge in [0.25, 0.3) is 0 Å². The van der Waals surface area contributed by atoms with Crippen LogP contribution in [0.25, 0.3) is 11.0 Å². The lowest BCUT2D eigenvalue weighted by Gasteiger charge is -2.30. The Morgan fingerprint density at radius 1 is 1.50 bits per heavy atom. The van der Waals surface area contributed by atoms with Gasteiger partial charge in [-0.3, -0.25) is 5.10 Å². The van der Waals surface area contributed by atoms with Crippen molar-refractivity contribution in [3.63, 3.8) is 0 Å². The highest BCUT2D eigenvalue weighted by Crippen LogP contribution is 2.37. The number of anilines is 2. The van der Waals surface area contributed by atoms with E-state index in [0.717, 1.165) is 23.7 Å². The molecule has 1 aliphatic carbocycles. The molecule has 1 unspecified atom stereocenters. The maximum absolute atomic E-state index is 5.81. The van der Waals surface area contributed by atoms with Crippen LogP contribution in [0.4, 0.5) is 11.8 Å². The number of aromatic amines is 1. The van der Waals surface area contributed by atoms with Crippen molar-refractivity contribution < 1.29 is 4.74 Å². The second-order valence-electron chi connectivity index (χ2n) is 5.30. The predicted molar refractivity (Wildman–Crippen MR) is 77.5 cm³/mol. The van der Waals surface area contributed by atoms with Crippen molar-refractivity contribution in [3.05, 3.63) is 6.20 Å². The fourth-order valence-electron chi connectivity index (χ4n) is 2.58.